The number of thiocarbonyl (C=S) groups is 2. The van der Waals surface area contributed by atoms with Crippen LogP contribution in [0, 0.1) is 11.8 Å². The van der Waals surface area contributed by atoms with Gasteiger partial charge in [0.2, 0.25) is 23.7 Å². The van der Waals surface area contributed by atoms with Gasteiger partial charge in [-0.3, -0.25) is 29.4 Å². The lowest BCUT2D eigenvalue weighted by molar-refractivity contribution is -0.129. The van der Waals surface area contributed by atoms with E-state index in [1.165, 1.54) is 9.13 Å². The molecule has 0 atom stereocenters. The van der Waals surface area contributed by atoms with Crippen LogP contribution in [-0.2, 0) is 19.1 Å². The molecule has 252 valence electrons. The van der Waals surface area contributed by atoms with E-state index in [0.29, 0.717) is 47.8 Å². The summed E-state index contributed by atoms with van der Waals surface area (Å²) >= 11 is 11.2. The van der Waals surface area contributed by atoms with E-state index in [1.807, 2.05) is 0 Å². The Balaban J connectivity index is 1.21. The maximum atomic E-state index is 13.3. The number of para-hydroxylation sites is 4. The van der Waals surface area contributed by atoms with Gasteiger partial charge in [-0.15, -0.1) is 0 Å². The highest BCUT2D eigenvalue weighted by atomic mass is 32.1. The number of nitrogens with one attached hydrogen (secondary N) is 4. The van der Waals surface area contributed by atoms with Crippen molar-refractivity contribution in [2.45, 2.75) is 65.6 Å². The van der Waals surface area contributed by atoms with Gasteiger partial charge in [0.15, 0.2) is 10.2 Å². The summed E-state index contributed by atoms with van der Waals surface area (Å²) < 4.78 is 13.3. The quantitative estimate of drug-likeness (QED) is 0.194. The minimum absolute atomic E-state index is 0.0491. The minimum atomic E-state index is -0.700. The van der Waals surface area contributed by atoms with Crippen LogP contribution in [0.25, 0.3) is 22.1 Å². The highest BCUT2D eigenvalue weighted by Crippen LogP contribution is 2.30. The van der Waals surface area contributed by atoms with Crippen LogP contribution in [0.15, 0.2) is 48.5 Å². The first-order valence-corrected chi connectivity index (χ1v) is 16.3. The second kappa shape index (κ2) is 14.9. The van der Waals surface area contributed by atoms with Gasteiger partial charge in [-0.2, -0.15) is 0 Å². The fraction of sp³-hybridized carbons (Fsp3) is 0.375. The molecule has 4 aromatic rings. The van der Waals surface area contributed by atoms with Gasteiger partial charge < -0.3 is 20.1 Å². The fourth-order valence-corrected chi connectivity index (χ4v) is 6.02. The van der Waals surface area contributed by atoms with Gasteiger partial charge in [0.05, 0.1) is 34.3 Å². The lowest BCUT2D eigenvalue weighted by atomic mass is 9.81. The molecule has 0 aliphatic heterocycles. The molecule has 2 aromatic carbocycles. The third-order valence-corrected chi connectivity index (χ3v) is 8.14. The Morgan fingerprint density at radius 1 is 0.667 bits per heavy atom. The van der Waals surface area contributed by atoms with Crippen molar-refractivity contribution < 1.29 is 28.7 Å². The van der Waals surface area contributed by atoms with E-state index in [0.717, 1.165) is 0 Å². The normalized spacial score (nSPS) is 16.0. The van der Waals surface area contributed by atoms with Crippen molar-refractivity contribution in [3.05, 3.63) is 48.5 Å². The van der Waals surface area contributed by atoms with Crippen LogP contribution in [0.4, 0.5) is 21.5 Å². The smallest absolute Gasteiger partial charge is 0.414 e. The molecule has 0 saturated heterocycles. The van der Waals surface area contributed by atoms with Crippen molar-refractivity contribution in [1.29, 1.82) is 0 Å². The molecule has 0 spiro atoms. The van der Waals surface area contributed by atoms with Gasteiger partial charge in [0.25, 0.3) is 0 Å². The van der Waals surface area contributed by atoms with E-state index in [4.69, 9.17) is 33.9 Å². The first kappa shape index (κ1) is 34.4. The molecule has 4 amide bonds. The molecule has 0 unspecified atom stereocenters. The number of benzene rings is 2. The third kappa shape index (κ3) is 7.94. The van der Waals surface area contributed by atoms with Gasteiger partial charge in [-0.05, 0) is 102 Å². The number of imidazole rings is 2. The molecule has 5 rings (SSSR count). The van der Waals surface area contributed by atoms with Crippen molar-refractivity contribution in [1.82, 2.24) is 29.7 Å². The van der Waals surface area contributed by atoms with E-state index in [-0.39, 0.29) is 46.1 Å². The van der Waals surface area contributed by atoms with Crippen LogP contribution in [0.1, 0.15) is 53.4 Å². The highest BCUT2D eigenvalue weighted by Gasteiger charge is 2.32. The second-order valence-electron chi connectivity index (χ2n) is 11.8. The first-order chi connectivity index (χ1) is 22.9. The van der Waals surface area contributed by atoms with E-state index in [1.54, 1.807) is 76.2 Å². The number of aromatic nitrogens is 4. The number of carbonyl (C=O) groups excluding carboxylic acids is 4. The molecule has 48 heavy (non-hydrogen) atoms. The van der Waals surface area contributed by atoms with E-state index < -0.39 is 24.0 Å². The zero-order valence-corrected chi connectivity index (χ0v) is 28.4. The van der Waals surface area contributed by atoms with Gasteiger partial charge >= 0.3 is 12.2 Å². The summed E-state index contributed by atoms with van der Waals surface area (Å²) in [6.07, 6.45) is -0.320. The number of fused-ring (bicyclic) bond motifs is 2. The van der Waals surface area contributed by atoms with E-state index in [9.17, 15) is 19.2 Å². The Morgan fingerprint density at radius 3 is 1.38 bits per heavy atom. The molecule has 2 aromatic heterocycles. The monoisotopic (exact) mass is 692 g/mol. The van der Waals surface area contributed by atoms with Gasteiger partial charge in [0.1, 0.15) is 0 Å². The van der Waals surface area contributed by atoms with Crippen molar-refractivity contribution in [3.8, 4) is 0 Å². The first-order valence-electron chi connectivity index (χ1n) is 15.5. The van der Waals surface area contributed by atoms with Crippen LogP contribution in [0.3, 0.4) is 0 Å². The summed E-state index contributed by atoms with van der Waals surface area (Å²) in [6, 6.07) is 14.3. The fourth-order valence-electron chi connectivity index (χ4n) is 5.44. The SMILES string of the molecule is CC(C)OC(=O)Nc1nc2ccccc2n1C(=S)NC(=O)C1CCC(C(=O)NC(=S)n2c(NC(=O)OC(C)C)nc3ccccc32)CC1. The van der Waals surface area contributed by atoms with Crippen molar-refractivity contribution in [3.63, 3.8) is 0 Å². The van der Waals surface area contributed by atoms with Crippen molar-refractivity contribution in [2.24, 2.45) is 11.8 Å². The van der Waals surface area contributed by atoms with E-state index in [2.05, 4.69) is 31.2 Å². The predicted octanol–water partition coefficient (Wildman–Crippen LogP) is 5.30. The summed E-state index contributed by atoms with van der Waals surface area (Å²) in [4.78, 5) is 60.2. The van der Waals surface area contributed by atoms with Crippen LogP contribution < -0.4 is 21.3 Å². The highest BCUT2D eigenvalue weighted by molar-refractivity contribution is 7.80. The van der Waals surface area contributed by atoms with Crippen LogP contribution in [0.2, 0.25) is 0 Å². The van der Waals surface area contributed by atoms with Gasteiger partial charge in [-0.25, -0.2) is 19.6 Å². The largest absolute Gasteiger partial charge is 0.447 e. The maximum absolute atomic E-state index is 13.3. The summed E-state index contributed by atoms with van der Waals surface area (Å²) in [5, 5.41) is 10.9. The molecule has 0 bridgehead atoms. The van der Waals surface area contributed by atoms with Crippen molar-refractivity contribution >= 4 is 92.6 Å². The Kier molecular flexibility index (Phi) is 10.6. The van der Waals surface area contributed by atoms with Crippen LogP contribution in [-0.4, -0.2) is 65.5 Å². The molecule has 4 N–H and O–H groups in total. The van der Waals surface area contributed by atoms with Crippen LogP contribution in [0.5, 0.6) is 0 Å². The van der Waals surface area contributed by atoms with Crippen molar-refractivity contribution in [2.75, 3.05) is 10.6 Å². The molecule has 16 heteroatoms. The molecule has 1 aliphatic rings. The molecular formula is C32H36N8O6S2. The Hall–Kier alpha value is -4.96. The van der Waals surface area contributed by atoms with Gasteiger partial charge in [-0.1, -0.05) is 24.3 Å². The predicted molar refractivity (Wildman–Crippen MR) is 188 cm³/mol. The standard InChI is InChI=1S/C32H36N8O6S2/c1-17(2)45-31(43)37-27-33-21-9-5-7-11-23(21)39(27)29(47)35-25(41)19-13-15-20(16-14-19)26(42)36-30(48)40-24-12-8-6-10-22(24)34-28(40)38-32(44)46-18(3)4/h5-12,17-20H,13-16H2,1-4H3,(H,33,37,43)(H,34,38,44)(H,35,41,47)(H,36,42,48). The lowest BCUT2D eigenvalue weighted by Gasteiger charge is -2.27. The number of anilines is 2. The number of nitrogens with zero attached hydrogens (tertiary/aromatic N) is 4. The molecule has 2 heterocycles. The number of hydrogen-bond donors (Lipinski definition) is 4. The average Bonchev–Trinajstić information content (AvgIpc) is 3.57. The van der Waals surface area contributed by atoms with E-state index >= 15 is 0 Å². The minimum Gasteiger partial charge on any atom is -0.447 e. The Bertz CT molecular complexity index is 1760. The lowest BCUT2D eigenvalue weighted by Crippen LogP contribution is -2.43. The Labute approximate surface area is 286 Å². The number of ether oxygens (including phenoxy) is 2. The summed E-state index contributed by atoms with van der Waals surface area (Å²) in [5.74, 6) is -1.14. The Morgan fingerprint density at radius 2 is 1.02 bits per heavy atom. The third-order valence-electron chi connectivity index (χ3n) is 7.57. The summed E-state index contributed by atoms with van der Waals surface area (Å²) in [7, 11) is 0. The van der Waals surface area contributed by atoms with Crippen LogP contribution >= 0.6 is 24.4 Å². The maximum Gasteiger partial charge on any atom is 0.414 e. The molecule has 1 fully saturated rings. The zero-order valence-electron chi connectivity index (χ0n) is 26.8. The summed E-state index contributed by atoms with van der Waals surface area (Å²) in [5.41, 5.74) is 2.33. The zero-order chi connectivity index (χ0) is 34.5. The molecule has 1 saturated carbocycles. The molecular weight excluding hydrogens is 657 g/mol. The number of hydrogen-bond acceptors (Lipinski definition) is 10. The summed E-state index contributed by atoms with van der Waals surface area (Å²) in [6.45, 7) is 6.90. The molecule has 0 radical (unpaired) electrons. The number of amides is 4. The van der Waals surface area contributed by atoms with Gasteiger partial charge in [0, 0.05) is 11.8 Å². The molecule has 1 aliphatic carbocycles. The average molecular weight is 693 g/mol. The topological polar surface area (TPSA) is 170 Å². The number of rotatable bonds is 6. The second-order valence-corrected chi connectivity index (χ2v) is 12.6. The molecule has 14 nitrogen and oxygen atoms in total. The number of carbonyl (C=O) groups is 4.